The first kappa shape index (κ1) is 30.0. The van der Waals surface area contributed by atoms with Crippen LogP contribution < -0.4 is 5.01 Å². The Hall–Kier alpha value is -3.47. The number of alkyl halides is 3. The largest absolute Gasteiger partial charge is 0.419 e. The predicted molar refractivity (Wildman–Crippen MR) is 153 cm³/mol. The highest BCUT2D eigenvalue weighted by Gasteiger charge is 2.39. The molecule has 2 aliphatic heterocycles. The molecule has 0 aromatic heterocycles. The number of anilines is 1. The maximum Gasteiger partial charge on any atom is 0.419 e. The van der Waals surface area contributed by atoms with Crippen LogP contribution in [0.1, 0.15) is 46.3 Å². The van der Waals surface area contributed by atoms with Gasteiger partial charge < -0.3 is 4.90 Å². The number of carbonyl (C=O) groups is 2. The van der Waals surface area contributed by atoms with Crippen LogP contribution in [-0.4, -0.2) is 53.5 Å². The lowest BCUT2D eigenvalue weighted by Crippen LogP contribution is -2.38. The maximum absolute atomic E-state index is 14.3. The Labute approximate surface area is 250 Å². The number of carbonyl (C=O) groups excluding carboxylic acids is 2. The summed E-state index contributed by atoms with van der Waals surface area (Å²) in [5, 5.41) is 6.29. The zero-order valence-corrected chi connectivity index (χ0v) is 24.1. The van der Waals surface area contributed by atoms with Gasteiger partial charge >= 0.3 is 6.18 Å². The average molecular weight is 621 g/mol. The van der Waals surface area contributed by atoms with Crippen LogP contribution in [0, 0.1) is 5.82 Å². The summed E-state index contributed by atoms with van der Waals surface area (Å²) in [5.74, 6) is -1.92. The third-order valence-electron chi connectivity index (χ3n) is 7.56. The van der Waals surface area contributed by atoms with Crippen molar-refractivity contribution in [2.45, 2.75) is 38.0 Å². The molecular formula is C30H26Cl2F4N4O2. The summed E-state index contributed by atoms with van der Waals surface area (Å²) in [6, 6.07) is 14.5. The highest BCUT2D eigenvalue weighted by atomic mass is 35.5. The lowest BCUT2D eigenvalue weighted by Gasteiger charge is -2.29. The molecule has 12 heteroatoms. The van der Waals surface area contributed by atoms with Crippen molar-refractivity contribution >= 4 is 46.4 Å². The number of halogens is 6. The standard InChI is InChI=1S/C30H26Cl2F4N4O2/c1-17-11-28(41)40(37-17)21-7-4-19(5-8-21)29(42)39-15-22(20-6-10-24(31)25(32)13-20)27(16-39)38(2)14-18-3-9-23(26(33)12-18)30(34,35)36/h3-10,12-13,22,27H,11,14-16H2,1-2H3/t22-,27+/m1/s1. The molecule has 0 bridgehead atoms. The van der Waals surface area contributed by atoms with Crippen molar-refractivity contribution in [2.24, 2.45) is 5.10 Å². The zero-order valence-electron chi connectivity index (χ0n) is 22.6. The summed E-state index contributed by atoms with van der Waals surface area (Å²) in [5.41, 5.74) is 1.58. The van der Waals surface area contributed by atoms with E-state index in [1.165, 1.54) is 11.1 Å². The monoisotopic (exact) mass is 620 g/mol. The second-order valence-corrected chi connectivity index (χ2v) is 11.4. The van der Waals surface area contributed by atoms with Gasteiger partial charge in [0.25, 0.3) is 11.8 Å². The van der Waals surface area contributed by atoms with Gasteiger partial charge in [0.1, 0.15) is 5.82 Å². The summed E-state index contributed by atoms with van der Waals surface area (Å²) >= 11 is 12.4. The van der Waals surface area contributed by atoms with E-state index in [4.69, 9.17) is 23.2 Å². The molecule has 0 unspecified atom stereocenters. The van der Waals surface area contributed by atoms with Gasteiger partial charge in [-0.25, -0.2) is 9.40 Å². The van der Waals surface area contributed by atoms with E-state index in [1.807, 2.05) is 11.0 Å². The normalized spacial score (nSPS) is 19.2. The van der Waals surface area contributed by atoms with E-state index >= 15 is 0 Å². The van der Waals surface area contributed by atoms with Gasteiger partial charge in [-0.15, -0.1) is 0 Å². The van der Waals surface area contributed by atoms with E-state index < -0.39 is 17.6 Å². The van der Waals surface area contributed by atoms with Crippen LogP contribution in [0.4, 0.5) is 23.2 Å². The van der Waals surface area contributed by atoms with Gasteiger partial charge in [-0.1, -0.05) is 35.3 Å². The van der Waals surface area contributed by atoms with Crippen molar-refractivity contribution in [3.63, 3.8) is 0 Å². The molecule has 0 saturated carbocycles. The number of rotatable bonds is 6. The van der Waals surface area contributed by atoms with Crippen LogP contribution in [0.2, 0.25) is 10.0 Å². The first-order valence-electron chi connectivity index (χ1n) is 13.1. The number of likely N-dealkylation sites (tertiary alicyclic amines) is 1. The molecule has 220 valence electrons. The second-order valence-electron chi connectivity index (χ2n) is 10.5. The van der Waals surface area contributed by atoms with Gasteiger partial charge in [0.15, 0.2) is 0 Å². The molecule has 2 heterocycles. The molecule has 3 aromatic carbocycles. The molecule has 42 heavy (non-hydrogen) atoms. The second kappa shape index (κ2) is 11.7. The van der Waals surface area contributed by atoms with Crippen LogP contribution in [0.3, 0.4) is 0 Å². The molecule has 6 nitrogen and oxygen atoms in total. The van der Waals surface area contributed by atoms with E-state index in [2.05, 4.69) is 5.10 Å². The highest BCUT2D eigenvalue weighted by Crippen LogP contribution is 2.36. The Bertz CT molecular complexity index is 1560. The minimum Gasteiger partial charge on any atom is -0.336 e. The van der Waals surface area contributed by atoms with Gasteiger partial charge in [0.2, 0.25) is 0 Å². The Morgan fingerprint density at radius 1 is 1.02 bits per heavy atom. The first-order valence-corrected chi connectivity index (χ1v) is 13.8. The van der Waals surface area contributed by atoms with Crippen LogP contribution in [0.5, 0.6) is 0 Å². The number of benzene rings is 3. The lowest BCUT2D eigenvalue weighted by atomic mass is 9.93. The summed E-state index contributed by atoms with van der Waals surface area (Å²) in [4.78, 5) is 29.4. The van der Waals surface area contributed by atoms with Gasteiger partial charge in [0.05, 0.1) is 27.7 Å². The topological polar surface area (TPSA) is 56.2 Å². The van der Waals surface area contributed by atoms with Gasteiger partial charge in [-0.05, 0) is 73.6 Å². The Morgan fingerprint density at radius 2 is 1.74 bits per heavy atom. The Kier molecular flexibility index (Phi) is 8.33. The first-order chi connectivity index (χ1) is 19.8. The maximum atomic E-state index is 14.3. The van der Waals surface area contributed by atoms with Gasteiger partial charge in [-0.3, -0.25) is 14.5 Å². The fraction of sp³-hybridized carbons (Fsp3) is 0.300. The lowest BCUT2D eigenvalue weighted by molar-refractivity contribution is -0.140. The number of likely N-dealkylation sites (N-methyl/N-ethyl adjacent to an activating group) is 1. The van der Waals surface area contributed by atoms with Crippen LogP contribution in [0.15, 0.2) is 65.8 Å². The number of nitrogens with zero attached hydrogens (tertiary/aromatic N) is 4. The van der Waals surface area contributed by atoms with Crippen molar-refractivity contribution in [1.82, 2.24) is 9.80 Å². The molecule has 5 rings (SSSR count). The van der Waals surface area contributed by atoms with Crippen LogP contribution in [-0.2, 0) is 17.5 Å². The molecule has 1 saturated heterocycles. The SMILES string of the molecule is CC1=NN(c2ccc(C(=O)N3C[C@H](c4ccc(Cl)c(Cl)c4)[C@@H](N(C)Cc4ccc(C(F)(F)F)c(F)c4)C3)cc2)C(=O)C1. The number of hydrazone groups is 1. The minimum absolute atomic E-state index is 0.144. The summed E-state index contributed by atoms with van der Waals surface area (Å²) < 4.78 is 53.4. The molecule has 0 N–H and O–H groups in total. The fourth-order valence-electron chi connectivity index (χ4n) is 5.45. The minimum atomic E-state index is -4.78. The number of hydrogen-bond donors (Lipinski definition) is 0. The summed E-state index contributed by atoms with van der Waals surface area (Å²) in [7, 11) is 1.78. The van der Waals surface area contributed by atoms with Crippen molar-refractivity contribution in [1.29, 1.82) is 0 Å². The molecule has 0 spiro atoms. The number of amides is 2. The van der Waals surface area contributed by atoms with Gasteiger partial charge in [0, 0.05) is 42.9 Å². The molecule has 2 amide bonds. The molecule has 0 radical (unpaired) electrons. The smallest absolute Gasteiger partial charge is 0.336 e. The zero-order chi connectivity index (χ0) is 30.3. The Balaban J connectivity index is 1.38. The fourth-order valence-corrected chi connectivity index (χ4v) is 5.75. The van der Waals surface area contributed by atoms with E-state index in [0.717, 1.165) is 17.7 Å². The molecule has 1 fully saturated rings. The van der Waals surface area contributed by atoms with E-state index in [9.17, 15) is 27.2 Å². The molecule has 0 aliphatic carbocycles. The number of hydrogen-bond acceptors (Lipinski definition) is 4. The molecular weight excluding hydrogens is 595 g/mol. The quantitative estimate of drug-likeness (QED) is 0.279. The van der Waals surface area contributed by atoms with Crippen LogP contribution >= 0.6 is 23.2 Å². The summed E-state index contributed by atoms with van der Waals surface area (Å²) in [6.45, 7) is 2.56. The van der Waals surface area contributed by atoms with E-state index in [1.54, 1.807) is 55.3 Å². The van der Waals surface area contributed by atoms with Gasteiger partial charge in [-0.2, -0.15) is 18.3 Å². The Morgan fingerprint density at radius 3 is 2.33 bits per heavy atom. The van der Waals surface area contributed by atoms with E-state index in [-0.39, 0.29) is 36.7 Å². The van der Waals surface area contributed by atoms with E-state index in [0.29, 0.717) is 45.7 Å². The van der Waals surface area contributed by atoms with Crippen LogP contribution in [0.25, 0.3) is 0 Å². The molecule has 3 aromatic rings. The average Bonchev–Trinajstić information content (AvgIpc) is 3.52. The van der Waals surface area contributed by atoms with Crippen molar-refractivity contribution < 1.29 is 27.2 Å². The van der Waals surface area contributed by atoms with Crippen molar-refractivity contribution in [2.75, 3.05) is 25.1 Å². The third kappa shape index (κ3) is 6.16. The molecule has 2 aliphatic rings. The summed E-state index contributed by atoms with van der Waals surface area (Å²) in [6.07, 6.45) is -4.53. The van der Waals surface area contributed by atoms with Crippen molar-refractivity contribution in [3.8, 4) is 0 Å². The highest BCUT2D eigenvalue weighted by molar-refractivity contribution is 6.42. The molecule has 2 atom stereocenters. The van der Waals surface area contributed by atoms with Crippen molar-refractivity contribution in [3.05, 3.63) is 98.8 Å². The third-order valence-corrected chi connectivity index (χ3v) is 8.30. The predicted octanol–water partition coefficient (Wildman–Crippen LogP) is 7.00.